The maximum Gasteiger partial charge on any atom is 1.00 e. The van der Waals surface area contributed by atoms with Gasteiger partial charge in [-0.2, -0.15) is 0 Å². The molecule has 43 heavy (non-hydrogen) atoms. The Hall–Kier alpha value is 0.0300. The van der Waals surface area contributed by atoms with E-state index in [1.165, 1.54) is 0 Å². The Balaban J connectivity index is -0.000000257. The Morgan fingerprint density at radius 1 is 0.628 bits per heavy atom. The summed E-state index contributed by atoms with van der Waals surface area (Å²) < 4.78 is 34.8. The first-order valence-electron chi connectivity index (χ1n) is 11.8. The largest absolute Gasteiger partial charge is 1.00 e. The Labute approximate surface area is 313 Å². The minimum absolute atomic E-state index is 0. The van der Waals surface area contributed by atoms with E-state index < -0.39 is 48.3 Å². The van der Waals surface area contributed by atoms with E-state index in [1.54, 1.807) is 0 Å². The third-order valence-corrected chi connectivity index (χ3v) is 4.24. The van der Waals surface area contributed by atoms with Gasteiger partial charge in [0.15, 0.2) is 0 Å². The minimum atomic E-state index is -2.91. The first-order chi connectivity index (χ1) is 18.9. The van der Waals surface area contributed by atoms with Crippen LogP contribution in [0.5, 0.6) is 0 Å². The summed E-state index contributed by atoms with van der Waals surface area (Å²) in [4.78, 5) is 50.2. The van der Waals surface area contributed by atoms with Crippen LogP contribution in [0.25, 0.3) is 0 Å². The van der Waals surface area contributed by atoms with Crippen molar-refractivity contribution in [2.45, 2.75) is 30.7 Å². The number of aliphatic hydroxyl groups is 1. The van der Waals surface area contributed by atoms with Crippen molar-refractivity contribution in [3.63, 3.8) is 0 Å². The van der Waals surface area contributed by atoms with Crippen LogP contribution in [-0.2, 0) is 57.1 Å². The van der Waals surface area contributed by atoms with E-state index >= 15 is 0 Å². The molecular formula is C22H34Na3O18+. The van der Waals surface area contributed by atoms with E-state index in [0.717, 1.165) is 13.2 Å². The van der Waals surface area contributed by atoms with Crippen molar-refractivity contribution in [2.75, 3.05) is 79.3 Å². The van der Waals surface area contributed by atoms with E-state index in [0.29, 0.717) is 38.6 Å². The zero-order chi connectivity index (χ0) is 30.4. The Morgan fingerprint density at radius 2 is 0.977 bits per heavy atom. The van der Waals surface area contributed by atoms with Crippen molar-refractivity contribution in [3.8, 4) is 0 Å². The van der Waals surface area contributed by atoms with Gasteiger partial charge in [0, 0.05) is 12.4 Å². The van der Waals surface area contributed by atoms with Crippen LogP contribution in [0.1, 0.15) is 12.8 Å². The maximum absolute atomic E-state index is 10.2. The van der Waals surface area contributed by atoms with Crippen LogP contribution in [0.15, 0.2) is 0 Å². The Kier molecular flexibility index (Phi) is 35.6. The molecule has 0 radical (unpaired) electrons. The van der Waals surface area contributed by atoms with E-state index in [2.05, 4.69) is 9.47 Å². The molecule has 0 aromatic rings. The maximum atomic E-state index is 10.2. The van der Waals surface area contributed by atoms with Crippen molar-refractivity contribution < 1.29 is 176 Å². The fourth-order valence-electron chi connectivity index (χ4n) is 2.23. The summed E-state index contributed by atoms with van der Waals surface area (Å²) in [6, 6.07) is 0. The second-order valence-electron chi connectivity index (χ2n) is 8.00. The van der Waals surface area contributed by atoms with Crippen LogP contribution in [0.4, 0.5) is 0 Å². The normalized spacial score (nSPS) is 16.9. The quantitative estimate of drug-likeness (QED) is 0.0478. The van der Waals surface area contributed by atoms with Crippen LogP contribution in [0.2, 0.25) is 0 Å². The number of carboxylic acids is 5. The molecule has 21 heteroatoms. The van der Waals surface area contributed by atoms with E-state index in [4.69, 9.17) is 44.1 Å². The first kappa shape index (κ1) is 49.9. The average Bonchev–Trinajstić information content (AvgIpc) is 3.75. The molecule has 0 aliphatic carbocycles. The Morgan fingerprint density at radius 3 is 1.26 bits per heavy atom. The molecule has 0 saturated carbocycles. The summed E-state index contributed by atoms with van der Waals surface area (Å²) >= 11 is 0. The van der Waals surface area contributed by atoms with Crippen molar-refractivity contribution in [1.82, 2.24) is 0 Å². The van der Waals surface area contributed by atoms with Gasteiger partial charge in [0.25, 0.3) is 0 Å². The van der Waals surface area contributed by atoms with Crippen molar-refractivity contribution in [3.05, 3.63) is 0 Å². The van der Waals surface area contributed by atoms with Gasteiger partial charge in [0.2, 0.25) is 0 Å². The van der Waals surface area contributed by atoms with Crippen LogP contribution in [-0.4, -0.2) is 147 Å². The SMILES string of the molecule is C(COCC1CO1)OCC1CO1.O=C(O)COCCOCCOCC(=O)O.O=C([O-])CC(O)(CC(=O)O)C(=O)[O-].[Na+].[Na+].[Na+]. The molecule has 3 unspecified atom stereocenters. The smallest absolute Gasteiger partial charge is 0.550 e. The number of ether oxygens (including phenoxy) is 7. The van der Waals surface area contributed by atoms with Gasteiger partial charge in [-0.25, -0.2) is 9.59 Å². The second-order valence-corrected chi connectivity index (χ2v) is 8.00. The van der Waals surface area contributed by atoms with Crippen molar-refractivity contribution in [2.24, 2.45) is 0 Å². The first-order valence-corrected chi connectivity index (χ1v) is 11.8. The second kappa shape index (κ2) is 30.7. The summed E-state index contributed by atoms with van der Waals surface area (Å²) in [5, 5.41) is 53.6. The summed E-state index contributed by atoms with van der Waals surface area (Å²) in [5.41, 5.74) is -2.91. The fraction of sp³-hybridized carbons (Fsp3) is 0.773. The number of aliphatic carboxylic acids is 5. The number of rotatable bonds is 22. The molecule has 2 fully saturated rings. The number of carbonyl (C=O) groups is 5. The van der Waals surface area contributed by atoms with E-state index in [-0.39, 0.29) is 128 Å². The van der Waals surface area contributed by atoms with E-state index in [1.807, 2.05) is 0 Å². The number of hydrogen-bond acceptors (Lipinski definition) is 15. The third-order valence-electron chi connectivity index (χ3n) is 4.24. The van der Waals surface area contributed by atoms with Crippen LogP contribution in [0, 0.1) is 0 Å². The minimum Gasteiger partial charge on any atom is -0.550 e. The van der Waals surface area contributed by atoms with Gasteiger partial charge in [-0.1, -0.05) is 0 Å². The number of carbonyl (C=O) groups excluding carboxylic acids is 2. The van der Waals surface area contributed by atoms with Gasteiger partial charge >= 0.3 is 107 Å². The molecule has 0 amide bonds. The zero-order valence-electron chi connectivity index (χ0n) is 24.6. The third kappa shape index (κ3) is 36.4. The van der Waals surface area contributed by atoms with Gasteiger partial charge in [0.1, 0.15) is 31.0 Å². The van der Waals surface area contributed by atoms with Gasteiger partial charge in [-0.05, 0) is 0 Å². The molecule has 2 saturated heterocycles. The van der Waals surface area contributed by atoms with Gasteiger partial charge < -0.3 is 73.4 Å². The molecule has 4 N–H and O–H groups in total. The molecule has 0 spiro atoms. The molecule has 3 atom stereocenters. The van der Waals surface area contributed by atoms with Crippen LogP contribution >= 0.6 is 0 Å². The topological polar surface area (TPSA) is 284 Å². The predicted octanol–water partition coefficient (Wildman–Crippen LogP) is -13.9. The summed E-state index contributed by atoms with van der Waals surface area (Å²) in [6.07, 6.45) is -1.85. The molecular weight excluding hydrogens is 621 g/mol. The standard InChI is InChI=1S/C8H14O7.C8H14O4.C6H8O7.3Na/c9-7(10)5-14-3-1-13-2-4-15-6-8(11)12;1(9-3-7-5-11-7)2-10-4-8-6-12-8;7-3(8)1-6(13,5(11)12)2-4(9)10;;;/h1-6H2,(H,9,10)(H,11,12);7-8H,1-6H2;13H,1-2H2,(H,7,8)(H,9,10)(H,11,12);;;/q;;;3*+1/p-2. The molecule has 0 aromatic heterocycles. The van der Waals surface area contributed by atoms with Crippen molar-refractivity contribution in [1.29, 1.82) is 0 Å². The van der Waals surface area contributed by atoms with Gasteiger partial charge in [-0.3, -0.25) is 4.79 Å². The fourth-order valence-corrected chi connectivity index (χ4v) is 2.23. The monoisotopic (exact) mass is 655 g/mol. The van der Waals surface area contributed by atoms with Gasteiger partial charge in [-0.15, -0.1) is 0 Å². The predicted molar refractivity (Wildman–Crippen MR) is 121 cm³/mol. The van der Waals surface area contributed by atoms with E-state index in [9.17, 15) is 34.2 Å². The molecule has 2 aliphatic rings. The molecule has 18 nitrogen and oxygen atoms in total. The Bertz CT molecular complexity index is 727. The summed E-state index contributed by atoms with van der Waals surface area (Å²) in [6.45, 7) is 4.64. The molecule has 2 rings (SSSR count). The number of epoxide rings is 2. The summed E-state index contributed by atoms with van der Waals surface area (Å²) in [7, 11) is 0. The molecule has 2 heterocycles. The molecule has 232 valence electrons. The number of carboxylic acid groups (broad SMARTS) is 5. The molecule has 0 aromatic carbocycles. The van der Waals surface area contributed by atoms with Gasteiger partial charge in [0.05, 0.1) is 78.5 Å². The number of hydrogen-bond donors (Lipinski definition) is 4. The van der Waals surface area contributed by atoms with Crippen LogP contribution in [0.3, 0.4) is 0 Å². The summed E-state index contributed by atoms with van der Waals surface area (Å²) in [5.74, 6) is -7.72. The molecule has 2 aliphatic heterocycles. The average molecular weight is 655 g/mol. The van der Waals surface area contributed by atoms with Crippen LogP contribution < -0.4 is 98.9 Å². The molecule has 0 bridgehead atoms. The zero-order valence-corrected chi connectivity index (χ0v) is 30.6. The van der Waals surface area contributed by atoms with Crippen molar-refractivity contribution >= 4 is 29.8 Å².